The van der Waals surface area contributed by atoms with Crippen LogP contribution in [0.2, 0.25) is 0 Å². The van der Waals surface area contributed by atoms with Gasteiger partial charge in [0.15, 0.2) is 5.58 Å². The highest BCUT2D eigenvalue weighted by Gasteiger charge is 2.41. The van der Waals surface area contributed by atoms with Gasteiger partial charge in [0.05, 0.1) is 10.9 Å². The lowest BCUT2D eigenvalue weighted by Gasteiger charge is -2.32. The number of aromatic hydroxyl groups is 1. The van der Waals surface area contributed by atoms with Crippen LogP contribution >= 0.6 is 0 Å². The molecule has 1 saturated heterocycles. The number of fused-ring (bicyclic) bond motifs is 1. The molecular formula is C24H25F3NO5+. The monoisotopic (exact) mass is 464 g/mol. The molecule has 1 fully saturated rings. The predicted octanol–water partition coefficient (Wildman–Crippen LogP) is 3.81. The number of halogens is 3. The number of rotatable bonds is 4. The van der Waals surface area contributed by atoms with Gasteiger partial charge >= 0.3 is 6.18 Å². The molecule has 2 unspecified atom stereocenters. The third-order valence-electron chi connectivity index (χ3n) is 5.61. The third kappa shape index (κ3) is 4.84. The zero-order valence-corrected chi connectivity index (χ0v) is 18.5. The van der Waals surface area contributed by atoms with Crippen LogP contribution in [0.4, 0.5) is 13.2 Å². The Morgan fingerprint density at radius 3 is 2.48 bits per heavy atom. The van der Waals surface area contributed by atoms with Gasteiger partial charge in [-0.1, -0.05) is 12.1 Å². The van der Waals surface area contributed by atoms with E-state index in [4.69, 9.17) is 13.9 Å². The number of alkyl halides is 3. The highest BCUT2D eigenvalue weighted by molar-refractivity contribution is 5.83. The lowest BCUT2D eigenvalue weighted by atomic mass is 10.1. The maximum absolute atomic E-state index is 13.9. The second kappa shape index (κ2) is 8.72. The maximum atomic E-state index is 13.9. The van der Waals surface area contributed by atoms with Gasteiger partial charge in [-0.3, -0.25) is 4.79 Å². The molecule has 0 saturated carbocycles. The van der Waals surface area contributed by atoms with Gasteiger partial charge in [-0.25, -0.2) is 0 Å². The minimum Gasteiger partial charge on any atom is -0.507 e. The molecule has 4 rings (SSSR count). The van der Waals surface area contributed by atoms with Crippen molar-refractivity contribution < 1.29 is 37.1 Å². The summed E-state index contributed by atoms with van der Waals surface area (Å²) in [6.45, 7) is 6.96. The number of nitrogens with one attached hydrogen (secondary N) is 1. The van der Waals surface area contributed by atoms with Crippen LogP contribution in [0, 0.1) is 6.92 Å². The molecule has 3 aromatic rings. The van der Waals surface area contributed by atoms with E-state index < -0.39 is 23.1 Å². The number of ether oxygens (including phenoxy) is 2. The van der Waals surface area contributed by atoms with Crippen LogP contribution in [0.15, 0.2) is 45.6 Å². The van der Waals surface area contributed by atoms with Crippen LogP contribution in [0.25, 0.3) is 11.0 Å². The number of benzene rings is 2. The summed E-state index contributed by atoms with van der Waals surface area (Å²) in [4.78, 5) is 14.2. The summed E-state index contributed by atoms with van der Waals surface area (Å²) in [5.74, 6) is -2.61. The Kier molecular flexibility index (Phi) is 6.11. The van der Waals surface area contributed by atoms with Gasteiger partial charge in [-0.2, -0.15) is 13.2 Å². The molecule has 9 heteroatoms. The van der Waals surface area contributed by atoms with Gasteiger partial charge in [0, 0.05) is 0 Å². The molecule has 6 nitrogen and oxygen atoms in total. The first-order valence-corrected chi connectivity index (χ1v) is 10.7. The lowest BCUT2D eigenvalue weighted by Crippen LogP contribution is -3.14. The molecule has 176 valence electrons. The van der Waals surface area contributed by atoms with Crippen LogP contribution in [-0.2, 0) is 17.5 Å². The third-order valence-corrected chi connectivity index (χ3v) is 5.61. The molecule has 0 aliphatic carbocycles. The van der Waals surface area contributed by atoms with Crippen LogP contribution in [0.5, 0.6) is 17.2 Å². The summed E-state index contributed by atoms with van der Waals surface area (Å²) in [5.41, 5.74) is -0.336. The number of phenols is 1. The molecule has 2 aromatic carbocycles. The predicted molar refractivity (Wildman–Crippen MR) is 115 cm³/mol. The van der Waals surface area contributed by atoms with E-state index in [1.165, 1.54) is 24.3 Å². The zero-order chi connectivity index (χ0) is 23.9. The van der Waals surface area contributed by atoms with Crippen molar-refractivity contribution in [1.29, 1.82) is 0 Å². The Labute approximate surface area is 188 Å². The average Bonchev–Trinajstić information content (AvgIpc) is 2.70. The highest BCUT2D eigenvalue weighted by atomic mass is 19.4. The largest absolute Gasteiger partial charge is 0.507 e. The van der Waals surface area contributed by atoms with Crippen LogP contribution in [0.3, 0.4) is 0 Å². The second-order valence-corrected chi connectivity index (χ2v) is 8.54. The number of morpholine rings is 1. The minimum absolute atomic E-state index is 0.0482. The summed E-state index contributed by atoms with van der Waals surface area (Å²) < 4.78 is 58.2. The first kappa shape index (κ1) is 23.1. The van der Waals surface area contributed by atoms with E-state index in [1.54, 1.807) is 19.1 Å². The smallest absolute Gasteiger partial charge is 0.453 e. The summed E-state index contributed by atoms with van der Waals surface area (Å²) in [6.07, 6.45) is -5.08. The number of hydrogen-bond donors (Lipinski definition) is 2. The molecule has 0 bridgehead atoms. The zero-order valence-electron chi connectivity index (χ0n) is 18.5. The van der Waals surface area contributed by atoms with E-state index in [1.807, 2.05) is 13.8 Å². The van der Waals surface area contributed by atoms with Gasteiger partial charge < -0.3 is 23.9 Å². The van der Waals surface area contributed by atoms with Crippen molar-refractivity contribution in [2.24, 2.45) is 0 Å². The fraction of sp³-hybridized carbons (Fsp3) is 0.375. The van der Waals surface area contributed by atoms with E-state index in [9.17, 15) is 23.1 Å². The molecule has 0 spiro atoms. The Bertz CT molecular complexity index is 1230. The Morgan fingerprint density at radius 1 is 1.15 bits per heavy atom. The molecular weight excluding hydrogens is 439 g/mol. The highest BCUT2D eigenvalue weighted by Crippen LogP contribution is 2.39. The van der Waals surface area contributed by atoms with Crippen molar-refractivity contribution in [2.75, 3.05) is 13.1 Å². The van der Waals surface area contributed by atoms with E-state index in [2.05, 4.69) is 0 Å². The van der Waals surface area contributed by atoms with E-state index >= 15 is 0 Å². The van der Waals surface area contributed by atoms with Crippen molar-refractivity contribution in [1.82, 2.24) is 0 Å². The van der Waals surface area contributed by atoms with E-state index in [-0.39, 0.29) is 46.8 Å². The molecule has 0 amide bonds. The van der Waals surface area contributed by atoms with Crippen LogP contribution in [0.1, 0.15) is 30.7 Å². The quantitative estimate of drug-likeness (QED) is 0.615. The van der Waals surface area contributed by atoms with Gasteiger partial charge in [-0.05, 0) is 50.6 Å². The standard InChI is InChI=1S/C24H24F3NO5/c1-13-5-4-6-16(9-13)32-22-20(30)17-7-8-19(29)18(21(17)33-23(22)24(25,26)27)12-28-10-14(2)31-15(3)11-28/h4-9,14-15,29H,10-12H2,1-3H3/p+1. The topological polar surface area (TPSA) is 73.3 Å². The van der Waals surface area contributed by atoms with Crippen molar-refractivity contribution in [2.45, 2.75) is 45.7 Å². The summed E-state index contributed by atoms with van der Waals surface area (Å²) >= 11 is 0. The molecule has 33 heavy (non-hydrogen) atoms. The van der Waals surface area contributed by atoms with Crippen molar-refractivity contribution in [3.63, 3.8) is 0 Å². The molecule has 0 radical (unpaired) electrons. The molecule has 1 aliphatic rings. The Morgan fingerprint density at radius 2 is 1.85 bits per heavy atom. The van der Waals surface area contributed by atoms with Gasteiger partial charge in [0.25, 0.3) is 5.76 Å². The molecule has 2 N–H and O–H groups in total. The van der Waals surface area contributed by atoms with Gasteiger partial charge in [0.1, 0.15) is 43.3 Å². The minimum atomic E-state index is -4.98. The number of phenolic OH excluding ortho intramolecular Hbond substituents is 1. The van der Waals surface area contributed by atoms with Crippen LogP contribution < -0.4 is 15.1 Å². The number of quaternary nitrogens is 1. The first-order chi connectivity index (χ1) is 15.5. The normalized spacial score (nSPS) is 21.3. The average molecular weight is 464 g/mol. The molecule has 2 atom stereocenters. The molecule has 2 heterocycles. The fourth-order valence-corrected chi connectivity index (χ4v) is 4.32. The number of hydrogen-bond acceptors (Lipinski definition) is 5. The van der Waals surface area contributed by atoms with Gasteiger partial charge in [0.2, 0.25) is 11.2 Å². The van der Waals surface area contributed by atoms with Crippen molar-refractivity contribution in [3.8, 4) is 17.2 Å². The van der Waals surface area contributed by atoms with Crippen molar-refractivity contribution >= 4 is 11.0 Å². The lowest BCUT2D eigenvalue weighted by molar-refractivity contribution is -0.928. The Hall–Kier alpha value is -3.04. The summed E-state index contributed by atoms with van der Waals surface area (Å²) in [6, 6.07) is 8.91. The fourth-order valence-electron chi connectivity index (χ4n) is 4.32. The molecule has 1 aliphatic heterocycles. The SMILES string of the molecule is Cc1cccc(Oc2c(C(F)(F)F)oc3c(C[NH+]4CC(C)OC(C)C4)c(O)ccc3c2=O)c1. The maximum Gasteiger partial charge on any atom is 0.453 e. The van der Waals surface area contributed by atoms with Crippen LogP contribution in [-0.4, -0.2) is 30.4 Å². The second-order valence-electron chi connectivity index (χ2n) is 8.54. The Balaban J connectivity index is 1.85. The summed E-state index contributed by atoms with van der Waals surface area (Å²) in [7, 11) is 0. The van der Waals surface area contributed by atoms with Gasteiger partial charge in [-0.15, -0.1) is 0 Å². The van der Waals surface area contributed by atoms with Crippen molar-refractivity contribution in [3.05, 3.63) is 63.5 Å². The first-order valence-electron chi connectivity index (χ1n) is 10.7. The van der Waals surface area contributed by atoms with E-state index in [0.717, 1.165) is 10.5 Å². The van der Waals surface area contributed by atoms with E-state index in [0.29, 0.717) is 13.1 Å². The number of aryl methyl sites for hydroxylation is 1. The summed E-state index contributed by atoms with van der Waals surface area (Å²) in [5, 5.41) is 10.4. The molecule has 1 aromatic heterocycles.